The Hall–Kier alpha value is -2.42. The summed E-state index contributed by atoms with van der Waals surface area (Å²) in [5, 5.41) is 11.3. The highest BCUT2D eigenvalue weighted by Crippen LogP contribution is 2.16. The van der Waals surface area contributed by atoms with Crippen molar-refractivity contribution in [2.45, 2.75) is 0 Å². The van der Waals surface area contributed by atoms with E-state index >= 15 is 0 Å². The highest BCUT2D eigenvalue weighted by atomic mass is 35.5. The van der Waals surface area contributed by atoms with Crippen molar-refractivity contribution in [3.05, 3.63) is 58.5 Å². The van der Waals surface area contributed by atoms with Crippen LogP contribution in [0, 0.1) is 17.7 Å². The molecule has 0 aliphatic rings. The quantitative estimate of drug-likeness (QED) is 0.838. The average molecular weight is 305 g/mol. The minimum Gasteiger partial charge on any atom is -0.384 e. The summed E-state index contributed by atoms with van der Waals surface area (Å²) in [5.41, 5.74) is 0.443. The van der Waals surface area contributed by atoms with E-state index in [0.717, 1.165) is 6.07 Å². The fourth-order valence-electron chi connectivity index (χ4n) is 1.58. The lowest BCUT2D eigenvalue weighted by Crippen LogP contribution is -2.14. The Kier molecular flexibility index (Phi) is 4.88. The van der Waals surface area contributed by atoms with Gasteiger partial charge in [-0.2, -0.15) is 0 Å². The number of rotatable bonds is 2. The van der Waals surface area contributed by atoms with Crippen molar-refractivity contribution in [1.82, 2.24) is 4.98 Å². The second-order valence-corrected chi connectivity index (χ2v) is 4.40. The molecule has 0 saturated heterocycles. The summed E-state index contributed by atoms with van der Waals surface area (Å²) in [7, 11) is 0. The van der Waals surface area contributed by atoms with E-state index in [4.69, 9.17) is 16.7 Å². The van der Waals surface area contributed by atoms with Crippen LogP contribution in [-0.2, 0) is 0 Å². The standard InChI is InChI=1S/C15H10ClFN2O2/c16-11-3-4-12(13(17)9-11)15(21)19-14-8-10(2-1-7-20)5-6-18-14/h3-6,8-9,20H,7H2,(H,18,19,21). The second kappa shape index (κ2) is 6.84. The summed E-state index contributed by atoms with van der Waals surface area (Å²) in [6.07, 6.45) is 1.45. The maximum atomic E-state index is 13.6. The molecule has 0 fully saturated rings. The fraction of sp³-hybridized carbons (Fsp3) is 0.0667. The maximum Gasteiger partial charge on any atom is 0.259 e. The molecule has 0 saturated carbocycles. The smallest absolute Gasteiger partial charge is 0.259 e. The molecule has 0 spiro atoms. The van der Waals surface area contributed by atoms with E-state index in [2.05, 4.69) is 22.1 Å². The molecule has 0 aliphatic heterocycles. The lowest BCUT2D eigenvalue weighted by Gasteiger charge is -2.06. The molecular weight excluding hydrogens is 295 g/mol. The number of benzene rings is 1. The van der Waals surface area contributed by atoms with E-state index in [9.17, 15) is 9.18 Å². The molecule has 6 heteroatoms. The van der Waals surface area contributed by atoms with Crippen molar-refractivity contribution < 1.29 is 14.3 Å². The molecule has 2 N–H and O–H groups in total. The number of aliphatic hydroxyl groups excluding tert-OH is 1. The van der Waals surface area contributed by atoms with Crippen LogP contribution in [0.1, 0.15) is 15.9 Å². The Morgan fingerprint density at radius 3 is 2.90 bits per heavy atom. The number of aliphatic hydroxyl groups is 1. The molecule has 1 amide bonds. The number of amides is 1. The summed E-state index contributed by atoms with van der Waals surface area (Å²) < 4.78 is 13.6. The van der Waals surface area contributed by atoms with Crippen molar-refractivity contribution in [3.63, 3.8) is 0 Å². The number of hydrogen-bond donors (Lipinski definition) is 2. The van der Waals surface area contributed by atoms with Gasteiger partial charge in [-0.3, -0.25) is 4.79 Å². The summed E-state index contributed by atoms with van der Waals surface area (Å²) in [6, 6.07) is 6.93. The van der Waals surface area contributed by atoms with Gasteiger partial charge in [-0.25, -0.2) is 9.37 Å². The Balaban J connectivity index is 2.19. The molecule has 0 bridgehead atoms. The third kappa shape index (κ3) is 4.02. The molecule has 1 aromatic carbocycles. The topological polar surface area (TPSA) is 62.2 Å². The van der Waals surface area contributed by atoms with Gasteiger partial charge in [0.25, 0.3) is 5.91 Å². The minimum atomic E-state index is -0.712. The number of pyridine rings is 1. The fourth-order valence-corrected chi connectivity index (χ4v) is 1.73. The Morgan fingerprint density at radius 2 is 2.19 bits per heavy atom. The Morgan fingerprint density at radius 1 is 1.38 bits per heavy atom. The van der Waals surface area contributed by atoms with Crippen LogP contribution in [0.4, 0.5) is 10.2 Å². The molecule has 1 heterocycles. The number of nitrogens with one attached hydrogen (secondary N) is 1. The molecule has 0 unspecified atom stereocenters. The van der Waals surface area contributed by atoms with Crippen LogP contribution in [0.3, 0.4) is 0 Å². The van der Waals surface area contributed by atoms with Gasteiger partial charge in [0, 0.05) is 16.8 Å². The van der Waals surface area contributed by atoms with Gasteiger partial charge in [0.1, 0.15) is 18.2 Å². The van der Waals surface area contributed by atoms with Crippen molar-refractivity contribution in [2.24, 2.45) is 0 Å². The number of hydrogen-bond acceptors (Lipinski definition) is 3. The summed E-state index contributed by atoms with van der Waals surface area (Å²) in [6.45, 7) is -0.264. The van der Waals surface area contributed by atoms with Gasteiger partial charge in [-0.05, 0) is 30.3 Å². The number of carbonyl (C=O) groups is 1. The van der Waals surface area contributed by atoms with Crippen LogP contribution >= 0.6 is 11.6 Å². The predicted octanol–water partition coefficient (Wildman–Crippen LogP) is 2.47. The minimum absolute atomic E-state index is 0.131. The Bertz CT molecular complexity index is 738. The van der Waals surface area contributed by atoms with Gasteiger partial charge < -0.3 is 10.4 Å². The van der Waals surface area contributed by atoms with E-state index in [1.807, 2.05) is 0 Å². The first kappa shape index (κ1) is 15.0. The molecule has 0 aliphatic carbocycles. The van der Waals surface area contributed by atoms with E-state index in [0.29, 0.717) is 5.56 Å². The first-order valence-electron chi connectivity index (χ1n) is 5.92. The highest BCUT2D eigenvalue weighted by molar-refractivity contribution is 6.30. The van der Waals surface area contributed by atoms with Gasteiger partial charge >= 0.3 is 0 Å². The number of carbonyl (C=O) groups excluding carboxylic acids is 1. The van der Waals surface area contributed by atoms with E-state index in [1.165, 1.54) is 24.4 Å². The van der Waals surface area contributed by atoms with E-state index in [1.54, 1.807) is 6.07 Å². The number of nitrogens with zero attached hydrogens (tertiary/aromatic N) is 1. The van der Waals surface area contributed by atoms with E-state index < -0.39 is 11.7 Å². The van der Waals surface area contributed by atoms with Crippen molar-refractivity contribution in [1.29, 1.82) is 0 Å². The van der Waals surface area contributed by atoms with Crippen molar-refractivity contribution in [2.75, 3.05) is 11.9 Å². The molecule has 106 valence electrons. The first-order chi connectivity index (χ1) is 10.1. The first-order valence-corrected chi connectivity index (χ1v) is 6.30. The average Bonchev–Trinajstić information content (AvgIpc) is 2.45. The van der Waals surface area contributed by atoms with Crippen LogP contribution < -0.4 is 5.32 Å². The summed E-state index contributed by atoms with van der Waals surface area (Å²) in [4.78, 5) is 15.9. The lowest BCUT2D eigenvalue weighted by molar-refractivity contribution is 0.102. The zero-order valence-electron chi connectivity index (χ0n) is 10.7. The van der Waals surface area contributed by atoms with Gasteiger partial charge in [-0.15, -0.1) is 0 Å². The zero-order valence-corrected chi connectivity index (χ0v) is 11.5. The Labute approximate surface area is 125 Å². The van der Waals surface area contributed by atoms with Gasteiger partial charge in [0.05, 0.1) is 5.56 Å². The molecule has 4 nitrogen and oxygen atoms in total. The normalized spacial score (nSPS) is 9.67. The third-order valence-electron chi connectivity index (χ3n) is 2.49. The van der Waals surface area contributed by atoms with Gasteiger partial charge in [0.15, 0.2) is 0 Å². The highest BCUT2D eigenvalue weighted by Gasteiger charge is 2.12. The third-order valence-corrected chi connectivity index (χ3v) is 2.72. The summed E-state index contributed by atoms with van der Waals surface area (Å²) in [5.74, 6) is 4.05. The maximum absolute atomic E-state index is 13.6. The largest absolute Gasteiger partial charge is 0.384 e. The van der Waals surface area contributed by atoms with Crippen LogP contribution in [0.15, 0.2) is 36.5 Å². The monoisotopic (exact) mass is 304 g/mol. The number of halogens is 2. The van der Waals surface area contributed by atoms with E-state index in [-0.39, 0.29) is 23.0 Å². The van der Waals surface area contributed by atoms with Crippen molar-refractivity contribution in [3.8, 4) is 11.8 Å². The van der Waals surface area contributed by atoms with Crippen LogP contribution in [0.25, 0.3) is 0 Å². The second-order valence-electron chi connectivity index (χ2n) is 3.97. The molecule has 2 rings (SSSR count). The molecule has 1 aromatic heterocycles. The van der Waals surface area contributed by atoms with Crippen LogP contribution in [-0.4, -0.2) is 22.6 Å². The van der Waals surface area contributed by atoms with Crippen LogP contribution in [0.2, 0.25) is 5.02 Å². The SMILES string of the molecule is O=C(Nc1cc(C#CCO)ccn1)c1ccc(Cl)cc1F. The number of anilines is 1. The predicted molar refractivity (Wildman–Crippen MR) is 77.6 cm³/mol. The van der Waals surface area contributed by atoms with Crippen LogP contribution in [0.5, 0.6) is 0 Å². The zero-order chi connectivity index (χ0) is 15.2. The lowest BCUT2D eigenvalue weighted by atomic mass is 10.2. The summed E-state index contributed by atoms with van der Waals surface area (Å²) >= 11 is 5.63. The number of aromatic nitrogens is 1. The van der Waals surface area contributed by atoms with Gasteiger partial charge in [-0.1, -0.05) is 23.4 Å². The molecular formula is C15H10ClFN2O2. The molecule has 21 heavy (non-hydrogen) atoms. The molecule has 2 aromatic rings. The molecule has 0 radical (unpaired) electrons. The molecule has 0 atom stereocenters. The van der Waals surface area contributed by atoms with Crippen molar-refractivity contribution >= 4 is 23.3 Å². The van der Waals surface area contributed by atoms with Gasteiger partial charge in [0.2, 0.25) is 0 Å².